The van der Waals surface area contributed by atoms with Crippen LogP contribution in [0, 0.1) is 0 Å². The molecule has 0 aliphatic carbocycles. The van der Waals surface area contributed by atoms with Crippen LogP contribution in [0.3, 0.4) is 0 Å². The van der Waals surface area contributed by atoms with Gasteiger partial charge in [0.05, 0.1) is 28.2 Å². The Morgan fingerprint density at radius 2 is 1.69 bits per heavy atom. The molecule has 0 unspecified atom stereocenters. The van der Waals surface area contributed by atoms with Crippen LogP contribution < -0.4 is 15.0 Å². The molecule has 0 aliphatic heterocycles. The van der Waals surface area contributed by atoms with Crippen LogP contribution in [0.1, 0.15) is 50.1 Å². The second-order valence-corrected chi connectivity index (χ2v) is 13.0. The Morgan fingerprint density at radius 1 is 0.974 bits per heavy atom. The number of ether oxygens (including phenoxy) is 2. The van der Waals surface area contributed by atoms with Gasteiger partial charge in [-0.25, -0.2) is 4.98 Å². The van der Waals surface area contributed by atoms with E-state index < -0.39 is 0 Å². The number of hydrogen-bond donors (Lipinski definition) is 0. The maximum atomic E-state index is 13.5. The molecule has 0 fully saturated rings. The molecule has 1 aromatic heterocycles. The van der Waals surface area contributed by atoms with Gasteiger partial charge in [0, 0.05) is 34.9 Å². The molecule has 4 rings (SSSR count). The van der Waals surface area contributed by atoms with Crippen molar-refractivity contribution < 1.29 is 9.47 Å². The van der Waals surface area contributed by atoms with Gasteiger partial charge in [0.25, 0.3) is 5.56 Å². The summed E-state index contributed by atoms with van der Waals surface area (Å²) in [7, 11) is 0. The van der Waals surface area contributed by atoms with E-state index in [1.807, 2.05) is 50.2 Å². The minimum Gasteiger partial charge on any atom is -0.490 e. The third-order valence-corrected chi connectivity index (χ3v) is 9.91. The van der Waals surface area contributed by atoms with Crippen LogP contribution in [-0.2, 0) is 6.61 Å². The molecule has 0 spiro atoms. The number of benzene rings is 3. The van der Waals surface area contributed by atoms with Gasteiger partial charge in [-0.1, -0.05) is 67.7 Å². The molecule has 4 aromatic rings. The summed E-state index contributed by atoms with van der Waals surface area (Å²) in [5.74, 6) is 1.75. The molecule has 0 aliphatic rings. The zero-order valence-electron chi connectivity index (χ0n) is 21.3. The molecule has 0 bridgehead atoms. The molecule has 1 heterocycles. The number of halogens is 5. The maximum Gasteiger partial charge on any atom is 0.282 e. The zero-order chi connectivity index (χ0) is 28.3. The number of rotatable bonds is 9. The van der Waals surface area contributed by atoms with Crippen molar-refractivity contribution in [2.24, 2.45) is 5.10 Å². The highest BCUT2D eigenvalue weighted by atomic mass is 79.9. The van der Waals surface area contributed by atoms with Crippen LogP contribution in [0.4, 0.5) is 0 Å². The number of aromatic nitrogens is 2. The van der Waals surface area contributed by atoms with E-state index >= 15 is 0 Å². The number of fused-ring (bicyclic) bond motifs is 1. The fraction of sp³-hybridized carbons (Fsp3) is 0.250. The normalized spacial score (nSPS) is 12.3. The van der Waals surface area contributed by atoms with Crippen LogP contribution in [0.2, 0.25) is 0 Å². The SMILES string of the molecule is CCOc1cc(C=Nn2c([C@H](C)CC)nc3ccc(Br)cc3c2=O)c(Br)c(Br)c1OCc1ccc(Br)cc1Br. The molecule has 0 N–H and O–H groups in total. The summed E-state index contributed by atoms with van der Waals surface area (Å²) < 4.78 is 17.6. The van der Waals surface area contributed by atoms with Gasteiger partial charge >= 0.3 is 0 Å². The van der Waals surface area contributed by atoms with Gasteiger partial charge in [-0.2, -0.15) is 9.78 Å². The number of hydrogen-bond acceptors (Lipinski definition) is 5. The predicted octanol–water partition coefficient (Wildman–Crippen LogP) is 9.58. The van der Waals surface area contributed by atoms with Gasteiger partial charge in [0.15, 0.2) is 11.5 Å². The second kappa shape index (κ2) is 13.4. The molecule has 0 saturated heterocycles. The summed E-state index contributed by atoms with van der Waals surface area (Å²) in [6.45, 7) is 6.79. The van der Waals surface area contributed by atoms with Gasteiger partial charge in [-0.3, -0.25) is 4.79 Å². The fourth-order valence-corrected chi connectivity index (χ4v) is 6.24. The van der Waals surface area contributed by atoms with Crippen LogP contribution >= 0.6 is 79.6 Å². The third-order valence-electron chi connectivity index (χ3n) is 6.04. The Hall–Kier alpha value is -1.53. The molecule has 0 amide bonds. The number of nitrogens with zero attached hydrogens (tertiary/aromatic N) is 3. The topological polar surface area (TPSA) is 65.7 Å². The quantitative estimate of drug-likeness (QED) is 0.158. The second-order valence-electron chi connectivity index (χ2n) is 8.68. The van der Waals surface area contributed by atoms with Crippen LogP contribution in [0.5, 0.6) is 11.5 Å². The summed E-state index contributed by atoms with van der Waals surface area (Å²) in [4.78, 5) is 18.3. The molecule has 39 heavy (non-hydrogen) atoms. The van der Waals surface area contributed by atoms with Gasteiger partial charge in [0.2, 0.25) is 0 Å². The van der Waals surface area contributed by atoms with E-state index in [4.69, 9.17) is 14.5 Å². The van der Waals surface area contributed by atoms with Crippen molar-refractivity contribution in [3.8, 4) is 11.5 Å². The van der Waals surface area contributed by atoms with Crippen molar-refractivity contribution in [3.05, 3.63) is 92.1 Å². The lowest BCUT2D eigenvalue weighted by atomic mass is 10.1. The first-order valence-electron chi connectivity index (χ1n) is 12.1. The Morgan fingerprint density at radius 3 is 2.38 bits per heavy atom. The standard InChI is InChI=1S/C28H24Br5N3O3/c1-4-15(3)27-35-22-9-8-18(29)11-20(22)28(37)36(27)34-13-17-10-23(38-5-2)26(25(33)24(17)32)39-14-16-6-7-19(30)12-21(16)31/h6-13,15H,4-5,14H2,1-3H3/t15-/m1/s1. The average molecular weight is 850 g/mol. The van der Waals surface area contributed by atoms with Crippen LogP contribution in [0.15, 0.2) is 74.7 Å². The van der Waals surface area contributed by atoms with Crippen molar-refractivity contribution in [1.29, 1.82) is 0 Å². The molecule has 0 saturated carbocycles. The summed E-state index contributed by atoms with van der Waals surface area (Å²) in [5, 5.41) is 5.11. The van der Waals surface area contributed by atoms with E-state index in [1.54, 1.807) is 12.3 Å². The lowest BCUT2D eigenvalue weighted by molar-refractivity contribution is 0.267. The monoisotopic (exact) mass is 845 g/mol. The van der Waals surface area contributed by atoms with Gasteiger partial charge in [0.1, 0.15) is 12.4 Å². The first kappa shape index (κ1) is 30.4. The zero-order valence-corrected chi connectivity index (χ0v) is 29.2. The molecule has 3 aromatic carbocycles. The van der Waals surface area contributed by atoms with E-state index in [0.717, 1.165) is 25.4 Å². The van der Waals surface area contributed by atoms with Crippen molar-refractivity contribution in [3.63, 3.8) is 0 Å². The first-order chi connectivity index (χ1) is 18.6. The van der Waals surface area contributed by atoms with E-state index in [2.05, 4.69) is 91.7 Å². The Kier molecular flexibility index (Phi) is 10.5. The van der Waals surface area contributed by atoms with Gasteiger partial charge in [-0.15, -0.1) is 0 Å². The van der Waals surface area contributed by atoms with Crippen molar-refractivity contribution in [2.45, 2.75) is 39.7 Å². The summed E-state index contributed by atoms with van der Waals surface area (Å²) in [6, 6.07) is 13.3. The highest BCUT2D eigenvalue weighted by molar-refractivity contribution is 9.13. The molecule has 204 valence electrons. The molecule has 11 heteroatoms. The Bertz CT molecular complexity index is 1620. The molecular formula is C28H24Br5N3O3. The summed E-state index contributed by atoms with van der Waals surface area (Å²) >= 11 is 17.9. The lowest BCUT2D eigenvalue weighted by Gasteiger charge is -2.17. The molecule has 6 nitrogen and oxygen atoms in total. The van der Waals surface area contributed by atoms with E-state index in [1.165, 1.54) is 4.68 Å². The van der Waals surface area contributed by atoms with Gasteiger partial charge < -0.3 is 9.47 Å². The summed E-state index contributed by atoms with van der Waals surface area (Å²) in [5.41, 5.74) is 2.11. The summed E-state index contributed by atoms with van der Waals surface area (Å²) in [6.07, 6.45) is 2.44. The minimum absolute atomic E-state index is 0.0331. The highest BCUT2D eigenvalue weighted by Crippen LogP contribution is 2.43. The van der Waals surface area contributed by atoms with Crippen LogP contribution in [-0.4, -0.2) is 22.5 Å². The van der Waals surface area contributed by atoms with Gasteiger partial charge in [-0.05, 0) is 81.6 Å². The Labute approximate surface area is 268 Å². The van der Waals surface area contributed by atoms with Crippen molar-refractivity contribution in [1.82, 2.24) is 9.66 Å². The predicted molar refractivity (Wildman–Crippen MR) is 175 cm³/mol. The van der Waals surface area contributed by atoms with Crippen molar-refractivity contribution in [2.75, 3.05) is 6.61 Å². The largest absolute Gasteiger partial charge is 0.490 e. The fourth-order valence-electron chi connectivity index (χ4n) is 3.78. The third kappa shape index (κ3) is 6.86. The van der Waals surface area contributed by atoms with E-state index in [0.29, 0.717) is 55.9 Å². The average Bonchev–Trinajstić information content (AvgIpc) is 2.91. The molecule has 1 atom stereocenters. The maximum absolute atomic E-state index is 13.5. The molecular weight excluding hydrogens is 826 g/mol. The first-order valence-corrected chi connectivity index (χ1v) is 16.1. The van der Waals surface area contributed by atoms with E-state index in [-0.39, 0.29) is 11.5 Å². The van der Waals surface area contributed by atoms with E-state index in [9.17, 15) is 4.79 Å². The Balaban J connectivity index is 1.76. The smallest absolute Gasteiger partial charge is 0.282 e. The lowest BCUT2D eigenvalue weighted by Crippen LogP contribution is -2.23. The van der Waals surface area contributed by atoms with Crippen molar-refractivity contribution >= 4 is 96.8 Å². The highest BCUT2D eigenvalue weighted by Gasteiger charge is 2.19. The molecule has 0 radical (unpaired) electrons. The minimum atomic E-state index is -0.229. The van der Waals surface area contributed by atoms with Crippen LogP contribution in [0.25, 0.3) is 10.9 Å².